The summed E-state index contributed by atoms with van der Waals surface area (Å²) in [6, 6.07) is 9.21. The van der Waals surface area contributed by atoms with Gasteiger partial charge in [0.2, 0.25) is 0 Å². The highest BCUT2D eigenvalue weighted by Gasteiger charge is 2.16. The van der Waals surface area contributed by atoms with Crippen LogP contribution >= 0.6 is 0 Å². The zero-order chi connectivity index (χ0) is 17.0. The van der Waals surface area contributed by atoms with E-state index in [2.05, 4.69) is 0 Å². The van der Waals surface area contributed by atoms with Crippen molar-refractivity contribution in [2.75, 3.05) is 7.11 Å². The van der Waals surface area contributed by atoms with Gasteiger partial charge in [0.05, 0.1) is 24.8 Å². The highest BCUT2D eigenvalue weighted by Crippen LogP contribution is 2.26. The third-order valence-electron chi connectivity index (χ3n) is 3.58. The van der Waals surface area contributed by atoms with E-state index in [0.29, 0.717) is 16.9 Å². The maximum atomic E-state index is 11.4. The number of hydrogen-bond acceptors (Lipinski definition) is 4. The molecular weight excluding hydrogens is 300 g/mol. The molecule has 0 fully saturated rings. The van der Waals surface area contributed by atoms with Crippen molar-refractivity contribution >= 4 is 11.9 Å². The van der Waals surface area contributed by atoms with E-state index in [9.17, 15) is 19.8 Å². The van der Waals surface area contributed by atoms with Gasteiger partial charge in [0.15, 0.2) is 0 Å². The minimum Gasteiger partial charge on any atom is -0.496 e. The third kappa shape index (κ3) is 3.49. The minimum absolute atomic E-state index is 0.0726. The molecule has 0 amide bonds. The van der Waals surface area contributed by atoms with Crippen LogP contribution in [0.15, 0.2) is 36.4 Å². The summed E-state index contributed by atoms with van der Waals surface area (Å²) in [7, 11) is 1.49. The van der Waals surface area contributed by atoms with Gasteiger partial charge in [0.1, 0.15) is 5.75 Å². The summed E-state index contributed by atoms with van der Waals surface area (Å²) in [5.41, 5.74) is 1.60. The third-order valence-corrected chi connectivity index (χ3v) is 3.58. The molecule has 0 aliphatic heterocycles. The largest absolute Gasteiger partial charge is 0.496 e. The summed E-state index contributed by atoms with van der Waals surface area (Å²) in [5.74, 6) is -1.86. The number of aliphatic hydroxyl groups excluding tert-OH is 1. The highest BCUT2D eigenvalue weighted by molar-refractivity contribution is 5.95. The molecule has 0 bridgehead atoms. The van der Waals surface area contributed by atoms with E-state index >= 15 is 0 Å². The molecular formula is C17H16O6. The Kier molecular flexibility index (Phi) is 4.98. The van der Waals surface area contributed by atoms with Crippen LogP contribution in [0.25, 0.3) is 0 Å². The molecule has 6 heteroatoms. The lowest BCUT2D eigenvalue weighted by Gasteiger charge is -2.13. The fourth-order valence-corrected chi connectivity index (χ4v) is 2.42. The van der Waals surface area contributed by atoms with Gasteiger partial charge in [0.25, 0.3) is 0 Å². The Balaban J connectivity index is 2.48. The first-order chi connectivity index (χ1) is 11.0. The lowest BCUT2D eigenvalue weighted by atomic mass is 9.94. The average molecular weight is 316 g/mol. The second kappa shape index (κ2) is 6.93. The summed E-state index contributed by atoms with van der Waals surface area (Å²) >= 11 is 0. The number of carboxylic acid groups (broad SMARTS) is 2. The molecule has 120 valence electrons. The van der Waals surface area contributed by atoms with Gasteiger partial charge in [-0.1, -0.05) is 18.2 Å². The van der Waals surface area contributed by atoms with E-state index in [1.165, 1.54) is 19.2 Å². The van der Waals surface area contributed by atoms with Crippen molar-refractivity contribution in [3.05, 3.63) is 64.2 Å². The molecule has 2 rings (SSSR count). The van der Waals surface area contributed by atoms with Gasteiger partial charge in [-0.25, -0.2) is 9.59 Å². The molecule has 0 saturated heterocycles. The van der Waals surface area contributed by atoms with E-state index in [1.54, 1.807) is 18.2 Å². The lowest BCUT2D eigenvalue weighted by Crippen LogP contribution is -2.08. The first-order valence-electron chi connectivity index (χ1n) is 6.83. The molecule has 0 atom stereocenters. The smallest absolute Gasteiger partial charge is 0.336 e. The van der Waals surface area contributed by atoms with Gasteiger partial charge >= 0.3 is 11.9 Å². The van der Waals surface area contributed by atoms with Crippen molar-refractivity contribution < 1.29 is 29.6 Å². The van der Waals surface area contributed by atoms with Crippen LogP contribution in [0.2, 0.25) is 0 Å². The van der Waals surface area contributed by atoms with E-state index in [0.717, 1.165) is 11.6 Å². The topological polar surface area (TPSA) is 104 Å². The number of hydrogen-bond donors (Lipinski definition) is 3. The summed E-state index contributed by atoms with van der Waals surface area (Å²) in [6.45, 7) is -0.241. The Morgan fingerprint density at radius 1 is 1.04 bits per heavy atom. The molecule has 2 aromatic rings. The van der Waals surface area contributed by atoms with Crippen LogP contribution in [-0.2, 0) is 13.0 Å². The van der Waals surface area contributed by atoms with Crippen molar-refractivity contribution in [1.82, 2.24) is 0 Å². The molecule has 0 saturated carbocycles. The Labute approximate surface area is 132 Å². The molecule has 2 aromatic carbocycles. The first-order valence-corrected chi connectivity index (χ1v) is 6.83. The zero-order valence-electron chi connectivity index (χ0n) is 12.4. The van der Waals surface area contributed by atoms with Gasteiger partial charge in [-0.15, -0.1) is 0 Å². The normalized spacial score (nSPS) is 10.3. The molecule has 0 heterocycles. The molecule has 23 heavy (non-hydrogen) atoms. The Bertz CT molecular complexity index is 751. The quantitative estimate of drug-likeness (QED) is 0.754. The molecule has 6 nitrogen and oxygen atoms in total. The summed E-state index contributed by atoms with van der Waals surface area (Å²) in [4.78, 5) is 22.4. The SMILES string of the molecule is COc1cccc(Cc2ccc(C(=O)O)cc2C(=O)O)c1CO. The monoisotopic (exact) mass is 316 g/mol. The van der Waals surface area contributed by atoms with Crippen molar-refractivity contribution in [2.45, 2.75) is 13.0 Å². The maximum absolute atomic E-state index is 11.4. The molecule has 0 aliphatic rings. The molecule has 3 N–H and O–H groups in total. The number of ether oxygens (including phenoxy) is 1. The van der Waals surface area contributed by atoms with Crippen molar-refractivity contribution in [1.29, 1.82) is 0 Å². The zero-order valence-corrected chi connectivity index (χ0v) is 12.4. The first kappa shape index (κ1) is 16.5. The Morgan fingerprint density at radius 3 is 2.35 bits per heavy atom. The number of rotatable bonds is 6. The van der Waals surface area contributed by atoms with E-state index in [4.69, 9.17) is 9.84 Å². The Hall–Kier alpha value is -2.86. The van der Waals surface area contributed by atoms with Crippen LogP contribution in [0.4, 0.5) is 0 Å². The Morgan fingerprint density at radius 2 is 1.78 bits per heavy atom. The summed E-state index contributed by atoms with van der Waals surface area (Å²) < 4.78 is 5.19. The molecule has 0 spiro atoms. The minimum atomic E-state index is -1.20. The van der Waals surface area contributed by atoms with Gasteiger partial charge in [-0.3, -0.25) is 0 Å². The maximum Gasteiger partial charge on any atom is 0.336 e. The van der Waals surface area contributed by atoms with Crippen molar-refractivity contribution in [2.24, 2.45) is 0 Å². The van der Waals surface area contributed by atoms with Gasteiger partial charge in [-0.2, -0.15) is 0 Å². The van der Waals surface area contributed by atoms with Crippen LogP contribution in [0.5, 0.6) is 5.75 Å². The van der Waals surface area contributed by atoms with E-state index in [1.807, 2.05) is 0 Å². The van der Waals surface area contributed by atoms with Gasteiger partial charge < -0.3 is 20.1 Å². The van der Waals surface area contributed by atoms with Crippen LogP contribution in [-0.4, -0.2) is 34.4 Å². The number of benzene rings is 2. The predicted octanol–water partition coefficient (Wildman–Crippen LogP) is 2.17. The van der Waals surface area contributed by atoms with Crippen LogP contribution < -0.4 is 4.74 Å². The fourth-order valence-electron chi connectivity index (χ4n) is 2.42. The number of aromatic carboxylic acids is 2. The standard InChI is InChI=1S/C17H16O6/c1-23-15-4-2-3-10(14(15)9-18)7-11-5-6-12(16(19)20)8-13(11)17(21)22/h2-6,8,18H,7,9H2,1H3,(H,19,20)(H,21,22). The number of methoxy groups -OCH3 is 1. The van der Waals surface area contributed by atoms with Crippen molar-refractivity contribution in [3.8, 4) is 5.75 Å². The van der Waals surface area contributed by atoms with Crippen LogP contribution in [0, 0.1) is 0 Å². The molecule has 0 aromatic heterocycles. The number of aliphatic hydroxyl groups is 1. The molecule has 0 aliphatic carbocycles. The molecule has 0 radical (unpaired) electrons. The average Bonchev–Trinajstić information content (AvgIpc) is 2.54. The second-order valence-electron chi connectivity index (χ2n) is 4.92. The van der Waals surface area contributed by atoms with Gasteiger partial charge in [-0.05, 0) is 35.7 Å². The van der Waals surface area contributed by atoms with Crippen LogP contribution in [0.1, 0.15) is 37.4 Å². The van der Waals surface area contributed by atoms with E-state index < -0.39 is 11.9 Å². The number of carbonyl (C=O) groups is 2. The second-order valence-corrected chi connectivity index (χ2v) is 4.92. The van der Waals surface area contributed by atoms with E-state index in [-0.39, 0.29) is 24.2 Å². The van der Waals surface area contributed by atoms with Crippen molar-refractivity contribution in [3.63, 3.8) is 0 Å². The fraction of sp³-hybridized carbons (Fsp3) is 0.176. The lowest BCUT2D eigenvalue weighted by molar-refractivity contribution is 0.0695. The molecule has 0 unspecified atom stereocenters. The highest BCUT2D eigenvalue weighted by atomic mass is 16.5. The van der Waals surface area contributed by atoms with Gasteiger partial charge in [0, 0.05) is 5.56 Å². The summed E-state index contributed by atoms with van der Waals surface area (Å²) in [5, 5.41) is 27.8. The number of carboxylic acids is 2. The summed E-state index contributed by atoms with van der Waals surface area (Å²) in [6.07, 6.45) is 0.245. The van der Waals surface area contributed by atoms with Crippen LogP contribution in [0.3, 0.4) is 0 Å². The predicted molar refractivity (Wildman–Crippen MR) is 82.1 cm³/mol.